The first-order valence-electron chi connectivity index (χ1n) is 8.65. The number of likely N-dealkylation sites (tertiary alicyclic amines) is 1. The Morgan fingerprint density at radius 1 is 1.37 bits per heavy atom. The molecular weight excluding hydrogens is 366 g/mol. The Bertz CT molecular complexity index is 958. The van der Waals surface area contributed by atoms with Gasteiger partial charge in [0.25, 0.3) is 5.91 Å². The predicted molar refractivity (Wildman–Crippen MR) is 101 cm³/mol. The van der Waals surface area contributed by atoms with Crippen molar-refractivity contribution in [1.29, 1.82) is 0 Å². The van der Waals surface area contributed by atoms with Gasteiger partial charge in [0.2, 0.25) is 0 Å². The third kappa shape index (κ3) is 3.40. The van der Waals surface area contributed by atoms with Crippen molar-refractivity contribution in [3.8, 4) is 17.0 Å². The lowest BCUT2D eigenvalue weighted by Crippen LogP contribution is -2.28. The van der Waals surface area contributed by atoms with Crippen molar-refractivity contribution >= 4 is 17.5 Å². The Balaban J connectivity index is 1.56. The van der Waals surface area contributed by atoms with Gasteiger partial charge < -0.3 is 14.2 Å². The summed E-state index contributed by atoms with van der Waals surface area (Å²) in [5.74, 6) is 0.765. The number of nitrogens with zero attached hydrogens (tertiary/aromatic N) is 3. The number of hydrogen-bond donors (Lipinski definition) is 0. The van der Waals surface area contributed by atoms with Gasteiger partial charge in [-0.2, -0.15) is 0 Å². The highest BCUT2D eigenvalue weighted by Crippen LogP contribution is 2.33. The van der Waals surface area contributed by atoms with Crippen molar-refractivity contribution in [3.63, 3.8) is 0 Å². The van der Waals surface area contributed by atoms with Crippen LogP contribution in [0, 0.1) is 0 Å². The van der Waals surface area contributed by atoms with Gasteiger partial charge in [-0.1, -0.05) is 22.8 Å². The zero-order valence-electron chi connectivity index (χ0n) is 14.8. The van der Waals surface area contributed by atoms with E-state index in [1.165, 1.54) is 6.26 Å². The van der Waals surface area contributed by atoms with Gasteiger partial charge in [0, 0.05) is 37.0 Å². The average Bonchev–Trinajstić information content (AvgIpc) is 3.38. The molecule has 4 rings (SSSR count). The molecule has 1 aliphatic heterocycles. The molecule has 27 heavy (non-hydrogen) atoms. The summed E-state index contributed by atoms with van der Waals surface area (Å²) in [5, 5.41) is 4.47. The Hall–Kier alpha value is -2.86. The fourth-order valence-electron chi connectivity index (χ4n) is 3.41. The van der Waals surface area contributed by atoms with Crippen molar-refractivity contribution in [1.82, 2.24) is 15.0 Å². The van der Waals surface area contributed by atoms with E-state index in [4.69, 9.17) is 20.9 Å². The standard InChI is InChI=1S/C20H18ClN3O3/c1-26-18-5-4-13(9-17(18)21)19-16(12-27-23-19)20(25)24-8-6-15(11-24)14-3-2-7-22-10-14/h2-5,7,9-10,12,15H,6,8,11H2,1H3. The van der Waals surface area contributed by atoms with Crippen LogP contribution in [0.3, 0.4) is 0 Å². The lowest BCUT2D eigenvalue weighted by molar-refractivity contribution is 0.0790. The van der Waals surface area contributed by atoms with Crippen molar-refractivity contribution < 1.29 is 14.1 Å². The molecule has 1 saturated heterocycles. The summed E-state index contributed by atoms with van der Waals surface area (Å²) in [6.45, 7) is 1.34. The van der Waals surface area contributed by atoms with Crippen LogP contribution in [0.4, 0.5) is 0 Å². The molecule has 1 aliphatic rings. The van der Waals surface area contributed by atoms with Gasteiger partial charge >= 0.3 is 0 Å². The largest absolute Gasteiger partial charge is 0.495 e. The second-order valence-electron chi connectivity index (χ2n) is 6.45. The number of methoxy groups -OCH3 is 1. The van der Waals surface area contributed by atoms with Crippen molar-refractivity contribution in [2.24, 2.45) is 0 Å². The summed E-state index contributed by atoms with van der Waals surface area (Å²) in [6, 6.07) is 9.25. The monoisotopic (exact) mass is 383 g/mol. The van der Waals surface area contributed by atoms with E-state index < -0.39 is 0 Å². The van der Waals surface area contributed by atoms with E-state index in [9.17, 15) is 4.79 Å². The Morgan fingerprint density at radius 3 is 3.00 bits per heavy atom. The van der Waals surface area contributed by atoms with Crippen molar-refractivity contribution in [2.45, 2.75) is 12.3 Å². The van der Waals surface area contributed by atoms with Crippen LogP contribution in [0.5, 0.6) is 5.75 Å². The minimum atomic E-state index is -0.0930. The van der Waals surface area contributed by atoms with Crippen LogP contribution in [0.2, 0.25) is 5.02 Å². The van der Waals surface area contributed by atoms with Crippen LogP contribution in [0.25, 0.3) is 11.3 Å². The van der Waals surface area contributed by atoms with Gasteiger partial charge in [0.15, 0.2) is 0 Å². The molecule has 3 aromatic rings. The molecule has 1 atom stereocenters. The van der Waals surface area contributed by atoms with Crippen LogP contribution < -0.4 is 4.74 Å². The van der Waals surface area contributed by atoms with Gasteiger partial charge in [-0.05, 0) is 36.2 Å². The van der Waals surface area contributed by atoms with E-state index in [0.29, 0.717) is 46.6 Å². The smallest absolute Gasteiger partial charge is 0.259 e. The predicted octanol–water partition coefficient (Wildman–Crippen LogP) is 4.03. The number of halogens is 1. The van der Waals surface area contributed by atoms with Gasteiger partial charge in [0.05, 0.1) is 12.1 Å². The number of rotatable bonds is 4. The third-order valence-corrected chi connectivity index (χ3v) is 5.15. The van der Waals surface area contributed by atoms with Gasteiger partial charge in [-0.15, -0.1) is 0 Å². The van der Waals surface area contributed by atoms with Crippen LogP contribution in [0.15, 0.2) is 53.5 Å². The van der Waals surface area contributed by atoms with E-state index in [1.807, 2.05) is 23.2 Å². The van der Waals surface area contributed by atoms with Crippen LogP contribution >= 0.6 is 11.6 Å². The quantitative estimate of drug-likeness (QED) is 0.680. The summed E-state index contributed by atoms with van der Waals surface area (Å²) in [4.78, 5) is 19.0. The second kappa shape index (κ2) is 7.40. The summed E-state index contributed by atoms with van der Waals surface area (Å²) < 4.78 is 10.3. The third-order valence-electron chi connectivity index (χ3n) is 4.86. The van der Waals surface area contributed by atoms with Crippen molar-refractivity contribution in [3.05, 3.63) is 65.1 Å². The average molecular weight is 384 g/mol. The molecule has 1 amide bonds. The summed E-state index contributed by atoms with van der Waals surface area (Å²) in [7, 11) is 1.55. The number of amides is 1. The zero-order chi connectivity index (χ0) is 18.8. The topological polar surface area (TPSA) is 68.5 Å². The number of carbonyl (C=O) groups is 1. The molecule has 1 fully saturated rings. The molecule has 7 heteroatoms. The maximum Gasteiger partial charge on any atom is 0.259 e. The van der Waals surface area contributed by atoms with Crippen LogP contribution in [0.1, 0.15) is 28.3 Å². The Morgan fingerprint density at radius 2 is 2.26 bits per heavy atom. The Labute approximate surface area is 161 Å². The molecule has 138 valence electrons. The number of ether oxygens (including phenoxy) is 1. The summed E-state index contributed by atoms with van der Waals surface area (Å²) in [6.07, 6.45) is 5.92. The SMILES string of the molecule is COc1ccc(-c2nocc2C(=O)N2CCC(c3cccnc3)C2)cc1Cl. The lowest BCUT2D eigenvalue weighted by atomic mass is 10.0. The molecule has 0 spiro atoms. The highest BCUT2D eigenvalue weighted by molar-refractivity contribution is 6.32. The molecule has 0 bridgehead atoms. The van der Waals surface area contributed by atoms with E-state index in [1.54, 1.807) is 25.4 Å². The van der Waals surface area contributed by atoms with Gasteiger partial charge in [-0.3, -0.25) is 9.78 Å². The molecule has 3 heterocycles. The van der Waals surface area contributed by atoms with E-state index in [2.05, 4.69) is 16.2 Å². The van der Waals surface area contributed by atoms with E-state index >= 15 is 0 Å². The van der Waals surface area contributed by atoms with Crippen LogP contribution in [-0.2, 0) is 0 Å². The Kier molecular flexibility index (Phi) is 4.81. The summed E-state index contributed by atoms with van der Waals surface area (Å²) in [5.41, 5.74) is 2.78. The summed E-state index contributed by atoms with van der Waals surface area (Å²) >= 11 is 6.21. The normalized spacial score (nSPS) is 16.5. The highest BCUT2D eigenvalue weighted by atomic mass is 35.5. The first-order chi connectivity index (χ1) is 13.2. The molecule has 0 radical (unpaired) electrons. The minimum Gasteiger partial charge on any atom is -0.495 e. The molecule has 2 aromatic heterocycles. The van der Waals surface area contributed by atoms with E-state index in [-0.39, 0.29) is 5.91 Å². The molecule has 6 nitrogen and oxygen atoms in total. The molecule has 0 N–H and O–H groups in total. The number of benzene rings is 1. The van der Waals surface area contributed by atoms with Crippen LogP contribution in [-0.4, -0.2) is 41.1 Å². The minimum absolute atomic E-state index is 0.0930. The molecule has 0 saturated carbocycles. The fourth-order valence-corrected chi connectivity index (χ4v) is 3.67. The van der Waals surface area contributed by atoms with Gasteiger partial charge in [0.1, 0.15) is 23.3 Å². The molecule has 1 aromatic carbocycles. The number of hydrogen-bond acceptors (Lipinski definition) is 5. The molecular formula is C20H18ClN3O3. The number of pyridine rings is 1. The van der Waals surface area contributed by atoms with Gasteiger partial charge in [-0.25, -0.2) is 0 Å². The highest BCUT2D eigenvalue weighted by Gasteiger charge is 2.30. The zero-order valence-corrected chi connectivity index (χ0v) is 15.5. The van der Waals surface area contributed by atoms with E-state index in [0.717, 1.165) is 12.0 Å². The second-order valence-corrected chi connectivity index (χ2v) is 6.86. The number of aromatic nitrogens is 2. The molecule has 0 aliphatic carbocycles. The first-order valence-corrected chi connectivity index (χ1v) is 9.02. The fraction of sp³-hybridized carbons (Fsp3) is 0.250. The lowest BCUT2D eigenvalue weighted by Gasteiger charge is -2.16. The molecule has 1 unspecified atom stereocenters. The first kappa shape index (κ1) is 17.5. The maximum atomic E-state index is 13.0. The number of carbonyl (C=O) groups excluding carboxylic acids is 1. The van der Waals surface area contributed by atoms with Crippen molar-refractivity contribution in [2.75, 3.05) is 20.2 Å². The maximum absolute atomic E-state index is 13.0.